The lowest BCUT2D eigenvalue weighted by Crippen LogP contribution is -2.37. The smallest absolute Gasteiger partial charge is 0.255 e. The maximum absolute atomic E-state index is 11.9. The van der Waals surface area contributed by atoms with Crippen LogP contribution in [-0.4, -0.2) is 42.6 Å². The van der Waals surface area contributed by atoms with Gasteiger partial charge in [-0.15, -0.1) is 0 Å². The molecule has 0 unspecified atom stereocenters. The number of fused-ring (bicyclic) bond motifs is 1. The lowest BCUT2D eigenvalue weighted by atomic mass is 10.1. The highest BCUT2D eigenvalue weighted by Crippen LogP contribution is 2.16. The minimum atomic E-state index is -3.48. The van der Waals surface area contributed by atoms with E-state index in [1.807, 2.05) is 0 Å². The molecule has 19 heavy (non-hydrogen) atoms. The van der Waals surface area contributed by atoms with Gasteiger partial charge in [0, 0.05) is 31.5 Å². The zero-order valence-corrected chi connectivity index (χ0v) is 12.2. The average molecular weight is 285 g/mol. The Kier molecular flexibility index (Phi) is 3.78. The molecule has 6 nitrogen and oxygen atoms in total. The van der Waals surface area contributed by atoms with Crippen LogP contribution in [0.4, 0.5) is 0 Å². The van der Waals surface area contributed by atoms with Crippen molar-refractivity contribution in [3.8, 4) is 0 Å². The molecular formula is C12H19N3O3S. The van der Waals surface area contributed by atoms with Crippen molar-refractivity contribution in [1.29, 1.82) is 0 Å². The zero-order valence-electron chi connectivity index (χ0n) is 11.4. The van der Waals surface area contributed by atoms with E-state index >= 15 is 0 Å². The summed E-state index contributed by atoms with van der Waals surface area (Å²) in [6.45, 7) is 6.53. The molecule has 0 radical (unpaired) electrons. The van der Waals surface area contributed by atoms with E-state index in [4.69, 9.17) is 0 Å². The number of nitrogens with zero attached hydrogens (tertiary/aromatic N) is 2. The van der Waals surface area contributed by atoms with Crippen LogP contribution in [0.1, 0.15) is 25.1 Å². The zero-order chi connectivity index (χ0) is 14.2. The van der Waals surface area contributed by atoms with Gasteiger partial charge >= 0.3 is 0 Å². The van der Waals surface area contributed by atoms with E-state index in [1.165, 1.54) is 0 Å². The predicted octanol–water partition coefficient (Wildman–Crippen LogP) is 0.187. The summed E-state index contributed by atoms with van der Waals surface area (Å²) in [5.41, 5.74) is 0.887. The molecular weight excluding hydrogens is 266 g/mol. The molecule has 0 atom stereocenters. The van der Waals surface area contributed by atoms with Crippen LogP contribution in [0.25, 0.3) is 0 Å². The molecule has 2 rings (SSSR count). The van der Waals surface area contributed by atoms with Gasteiger partial charge in [-0.3, -0.25) is 14.7 Å². The third-order valence-electron chi connectivity index (χ3n) is 3.11. The van der Waals surface area contributed by atoms with Crippen molar-refractivity contribution < 1.29 is 8.42 Å². The third kappa shape index (κ3) is 3.22. The standard InChI is InChI=1S/C12H19N3O3S/c1-8(2)6-15-5-4-9-10(7-15)13-12(14-11(9)16)19(3,17)18/h8H,4-7H2,1-3H3,(H,13,14,16). The monoisotopic (exact) mass is 285 g/mol. The number of hydrogen-bond donors (Lipinski definition) is 1. The van der Waals surface area contributed by atoms with Gasteiger partial charge in [0.1, 0.15) is 0 Å². The Morgan fingerprint density at radius 1 is 1.42 bits per heavy atom. The fourth-order valence-electron chi connectivity index (χ4n) is 2.32. The van der Waals surface area contributed by atoms with Gasteiger partial charge in [-0.2, -0.15) is 0 Å². The molecule has 1 aromatic heterocycles. The summed E-state index contributed by atoms with van der Waals surface area (Å²) in [7, 11) is -3.48. The Morgan fingerprint density at radius 2 is 2.11 bits per heavy atom. The number of H-pyrrole nitrogens is 1. The molecule has 1 aromatic rings. The Morgan fingerprint density at radius 3 is 2.68 bits per heavy atom. The first-order valence-corrected chi connectivity index (χ1v) is 8.21. The molecule has 2 heterocycles. The molecule has 1 aliphatic rings. The highest BCUT2D eigenvalue weighted by Gasteiger charge is 2.23. The molecule has 0 spiro atoms. The summed E-state index contributed by atoms with van der Waals surface area (Å²) in [5, 5.41) is -0.234. The first kappa shape index (κ1) is 14.2. The maximum Gasteiger partial charge on any atom is 0.255 e. The van der Waals surface area contributed by atoms with Crippen molar-refractivity contribution in [3.05, 3.63) is 21.6 Å². The van der Waals surface area contributed by atoms with Gasteiger partial charge in [0.25, 0.3) is 5.56 Å². The van der Waals surface area contributed by atoms with E-state index in [2.05, 4.69) is 28.7 Å². The molecule has 106 valence electrons. The fourth-order valence-corrected chi connectivity index (χ4v) is 2.87. The van der Waals surface area contributed by atoms with E-state index in [1.54, 1.807) is 0 Å². The second kappa shape index (κ2) is 5.05. The van der Waals surface area contributed by atoms with E-state index in [-0.39, 0.29) is 10.7 Å². The van der Waals surface area contributed by atoms with Crippen LogP contribution in [0.5, 0.6) is 0 Å². The van der Waals surface area contributed by atoms with Crippen LogP contribution >= 0.6 is 0 Å². The van der Waals surface area contributed by atoms with Crippen LogP contribution in [-0.2, 0) is 22.8 Å². The molecule has 0 saturated heterocycles. The van der Waals surface area contributed by atoms with Gasteiger partial charge in [-0.05, 0) is 12.3 Å². The van der Waals surface area contributed by atoms with Gasteiger partial charge in [-0.25, -0.2) is 13.4 Å². The maximum atomic E-state index is 11.9. The third-order valence-corrected chi connectivity index (χ3v) is 4.00. The molecule has 0 fully saturated rings. The fraction of sp³-hybridized carbons (Fsp3) is 0.667. The van der Waals surface area contributed by atoms with Crippen LogP contribution in [0.3, 0.4) is 0 Å². The number of nitrogens with one attached hydrogen (secondary N) is 1. The van der Waals surface area contributed by atoms with Crippen molar-refractivity contribution in [2.45, 2.75) is 32.0 Å². The molecule has 7 heteroatoms. The van der Waals surface area contributed by atoms with Gasteiger partial charge < -0.3 is 0 Å². The normalized spacial score (nSPS) is 16.6. The molecule has 1 aliphatic heterocycles. The Labute approximate surface area is 112 Å². The second-order valence-electron chi connectivity index (χ2n) is 5.45. The van der Waals surface area contributed by atoms with Crippen molar-refractivity contribution in [2.24, 2.45) is 5.92 Å². The largest absolute Gasteiger partial charge is 0.297 e. The van der Waals surface area contributed by atoms with E-state index in [0.29, 0.717) is 30.1 Å². The number of rotatable bonds is 3. The summed E-state index contributed by atoms with van der Waals surface area (Å²) in [4.78, 5) is 20.6. The summed E-state index contributed by atoms with van der Waals surface area (Å²) >= 11 is 0. The topological polar surface area (TPSA) is 83.1 Å². The van der Waals surface area contributed by atoms with Crippen LogP contribution in [0, 0.1) is 5.92 Å². The van der Waals surface area contributed by atoms with E-state index < -0.39 is 9.84 Å². The number of aromatic amines is 1. The Hall–Kier alpha value is -1.21. The number of hydrogen-bond acceptors (Lipinski definition) is 5. The van der Waals surface area contributed by atoms with Gasteiger partial charge in [0.2, 0.25) is 15.0 Å². The van der Waals surface area contributed by atoms with Gasteiger partial charge in [-0.1, -0.05) is 13.8 Å². The van der Waals surface area contributed by atoms with Crippen molar-refractivity contribution in [3.63, 3.8) is 0 Å². The molecule has 0 aromatic carbocycles. The van der Waals surface area contributed by atoms with E-state index in [0.717, 1.165) is 19.3 Å². The quantitative estimate of drug-likeness (QED) is 0.801. The number of sulfone groups is 1. The molecule has 0 bridgehead atoms. The van der Waals surface area contributed by atoms with Gasteiger partial charge in [0.15, 0.2) is 0 Å². The van der Waals surface area contributed by atoms with Gasteiger partial charge in [0.05, 0.1) is 5.69 Å². The Bertz CT molecular complexity index is 634. The first-order chi connectivity index (χ1) is 8.77. The second-order valence-corrected chi connectivity index (χ2v) is 7.38. The summed E-state index contributed by atoms with van der Waals surface area (Å²) < 4.78 is 23.0. The van der Waals surface area contributed by atoms with Crippen LogP contribution in [0.2, 0.25) is 0 Å². The van der Waals surface area contributed by atoms with Crippen molar-refractivity contribution in [2.75, 3.05) is 19.3 Å². The predicted molar refractivity (Wildman–Crippen MR) is 71.8 cm³/mol. The van der Waals surface area contributed by atoms with Crippen molar-refractivity contribution >= 4 is 9.84 Å². The number of aromatic nitrogens is 2. The Balaban J connectivity index is 2.38. The highest BCUT2D eigenvalue weighted by atomic mass is 32.2. The summed E-state index contributed by atoms with van der Waals surface area (Å²) in [6.07, 6.45) is 1.67. The van der Waals surface area contributed by atoms with E-state index in [9.17, 15) is 13.2 Å². The molecule has 0 saturated carbocycles. The average Bonchev–Trinajstić information content (AvgIpc) is 2.26. The SMILES string of the molecule is CC(C)CN1CCc2c(nc(S(C)(=O)=O)[nH]c2=O)C1. The van der Waals surface area contributed by atoms with Crippen LogP contribution < -0.4 is 5.56 Å². The lowest BCUT2D eigenvalue weighted by molar-refractivity contribution is 0.221. The molecule has 1 N–H and O–H groups in total. The lowest BCUT2D eigenvalue weighted by Gasteiger charge is -2.28. The minimum absolute atomic E-state index is 0.234. The van der Waals surface area contributed by atoms with Crippen LogP contribution in [0.15, 0.2) is 9.95 Å². The molecule has 0 aliphatic carbocycles. The highest BCUT2D eigenvalue weighted by molar-refractivity contribution is 7.90. The first-order valence-electron chi connectivity index (χ1n) is 6.32. The summed E-state index contributed by atoms with van der Waals surface area (Å²) in [5.74, 6) is 0.526. The summed E-state index contributed by atoms with van der Waals surface area (Å²) in [6, 6.07) is 0. The van der Waals surface area contributed by atoms with Crippen molar-refractivity contribution in [1.82, 2.24) is 14.9 Å². The molecule has 0 amide bonds. The minimum Gasteiger partial charge on any atom is -0.297 e.